The summed E-state index contributed by atoms with van der Waals surface area (Å²) in [7, 11) is 1.63. The van der Waals surface area contributed by atoms with Crippen LogP contribution in [-0.2, 0) is 9.53 Å². The Bertz CT molecular complexity index is 956. The first-order chi connectivity index (χ1) is 14.3. The first-order valence-electron chi connectivity index (χ1n) is 9.25. The number of morpholine rings is 1. The average Bonchev–Trinajstić information content (AvgIpc) is 3.22. The zero-order chi connectivity index (χ0) is 20.1. The van der Waals surface area contributed by atoms with Gasteiger partial charge in [-0.25, -0.2) is 0 Å². The van der Waals surface area contributed by atoms with E-state index in [1.807, 2.05) is 45.9 Å². The van der Waals surface area contributed by atoms with Gasteiger partial charge in [-0.2, -0.15) is 0 Å². The Morgan fingerprint density at radius 3 is 2.52 bits per heavy atom. The van der Waals surface area contributed by atoms with Crippen LogP contribution >= 0.6 is 11.8 Å². The molecule has 0 atom stereocenters. The van der Waals surface area contributed by atoms with Crippen LogP contribution < -0.4 is 4.74 Å². The van der Waals surface area contributed by atoms with E-state index in [0.29, 0.717) is 43.0 Å². The minimum absolute atomic E-state index is 0.0769. The number of aromatic nitrogens is 4. The molecule has 3 aromatic rings. The van der Waals surface area contributed by atoms with Crippen LogP contribution in [0.3, 0.4) is 0 Å². The lowest BCUT2D eigenvalue weighted by molar-refractivity contribution is -0.132. The smallest absolute Gasteiger partial charge is 0.233 e. The van der Waals surface area contributed by atoms with Crippen molar-refractivity contribution in [3.63, 3.8) is 0 Å². The molecule has 9 heteroatoms. The highest BCUT2D eigenvalue weighted by Gasteiger charge is 2.20. The van der Waals surface area contributed by atoms with Crippen LogP contribution in [0.2, 0.25) is 0 Å². The summed E-state index contributed by atoms with van der Waals surface area (Å²) >= 11 is 1.38. The quantitative estimate of drug-likeness (QED) is 0.576. The number of carbonyl (C=O) groups excluding carboxylic acids is 1. The minimum atomic E-state index is 0.0769. The van der Waals surface area contributed by atoms with Crippen LogP contribution in [-0.4, -0.2) is 69.7 Å². The number of amides is 1. The number of nitrogens with zero attached hydrogens (tertiary/aromatic N) is 5. The maximum Gasteiger partial charge on any atom is 0.233 e. The maximum atomic E-state index is 12.5. The summed E-state index contributed by atoms with van der Waals surface area (Å²) in [6.45, 7) is 2.44. The van der Waals surface area contributed by atoms with Crippen molar-refractivity contribution in [1.82, 2.24) is 24.6 Å². The molecule has 2 aromatic heterocycles. The zero-order valence-electron chi connectivity index (χ0n) is 16.0. The molecule has 0 saturated carbocycles. The van der Waals surface area contributed by atoms with Gasteiger partial charge in [0.05, 0.1) is 26.1 Å². The molecule has 1 saturated heterocycles. The Kier molecular flexibility index (Phi) is 6.06. The van der Waals surface area contributed by atoms with Crippen molar-refractivity contribution in [3.8, 4) is 22.8 Å². The largest absolute Gasteiger partial charge is 0.497 e. The molecule has 8 nitrogen and oxygen atoms in total. The molecular formula is C20H21N5O3S. The molecule has 150 valence electrons. The van der Waals surface area contributed by atoms with Crippen LogP contribution in [0, 0.1) is 0 Å². The number of hydrogen-bond donors (Lipinski definition) is 0. The van der Waals surface area contributed by atoms with Crippen molar-refractivity contribution in [1.29, 1.82) is 0 Å². The molecule has 0 bridgehead atoms. The van der Waals surface area contributed by atoms with Gasteiger partial charge >= 0.3 is 0 Å². The molecule has 0 spiro atoms. The molecular weight excluding hydrogens is 390 g/mol. The van der Waals surface area contributed by atoms with Gasteiger partial charge in [-0.05, 0) is 36.4 Å². The molecule has 1 aromatic carbocycles. The number of benzene rings is 1. The van der Waals surface area contributed by atoms with Crippen molar-refractivity contribution in [2.24, 2.45) is 0 Å². The standard InChI is InChI=1S/C20H21N5O3S/c1-27-17-4-2-16(3-5-17)25-19(15-6-8-21-9-7-15)22-23-20(25)29-14-18(26)24-10-12-28-13-11-24/h2-9H,10-14H2,1H3. The van der Waals surface area contributed by atoms with E-state index < -0.39 is 0 Å². The number of rotatable bonds is 6. The van der Waals surface area contributed by atoms with Crippen molar-refractivity contribution < 1.29 is 14.3 Å². The number of thioether (sulfide) groups is 1. The Morgan fingerprint density at radius 2 is 1.83 bits per heavy atom. The van der Waals surface area contributed by atoms with Crippen LogP contribution in [0.1, 0.15) is 0 Å². The van der Waals surface area contributed by atoms with E-state index in [1.54, 1.807) is 19.5 Å². The number of ether oxygens (including phenoxy) is 2. The fourth-order valence-electron chi connectivity index (χ4n) is 3.05. The Morgan fingerprint density at radius 1 is 1.10 bits per heavy atom. The molecule has 0 aliphatic carbocycles. The van der Waals surface area contributed by atoms with Crippen molar-refractivity contribution in [2.45, 2.75) is 5.16 Å². The van der Waals surface area contributed by atoms with E-state index in [4.69, 9.17) is 9.47 Å². The van der Waals surface area contributed by atoms with E-state index in [1.165, 1.54) is 11.8 Å². The van der Waals surface area contributed by atoms with E-state index in [-0.39, 0.29) is 5.91 Å². The number of pyridine rings is 1. The second-order valence-corrected chi connectivity index (χ2v) is 7.30. The molecule has 0 N–H and O–H groups in total. The molecule has 29 heavy (non-hydrogen) atoms. The number of carbonyl (C=O) groups is 1. The van der Waals surface area contributed by atoms with E-state index in [0.717, 1.165) is 17.0 Å². The third kappa shape index (κ3) is 4.41. The summed E-state index contributed by atoms with van der Waals surface area (Å²) in [4.78, 5) is 18.4. The molecule has 3 heterocycles. The lowest BCUT2D eigenvalue weighted by Gasteiger charge is -2.26. The summed E-state index contributed by atoms with van der Waals surface area (Å²) in [6.07, 6.45) is 3.44. The fraction of sp³-hybridized carbons (Fsp3) is 0.300. The van der Waals surface area contributed by atoms with E-state index in [9.17, 15) is 4.79 Å². The monoisotopic (exact) mass is 411 g/mol. The second-order valence-electron chi connectivity index (χ2n) is 6.36. The summed E-state index contributed by atoms with van der Waals surface area (Å²) in [5, 5.41) is 9.40. The SMILES string of the molecule is COc1ccc(-n2c(SCC(=O)N3CCOCC3)nnc2-c2ccncc2)cc1. The Hall–Kier alpha value is -2.91. The fourth-order valence-corrected chi connectivity index (χ4v) is 3.90. The van der Waals surface area contributed by atoms with Gasteiger partial charge in [0.2, 0.25) is 5.91 Å². The first kappa shape index (κ1) is 19.4. The van der Waals surface area contributed by atoms with Gasteiger partial charge in [-0.1, -0.05) is 11.8 Å². The van der Waals surface area contributed by atoms with Crippen molar-refractivity contribution >= 4 is 17.7 Å². The second kappa shape index (κ2) is 9.06. The first-order valence-corrected chi connectivity index (χ1v) is 10.2. The third-order valence-electron chi connectivity index (χ3n) is 4.59. The van der Waals surface area contributed by atoms with Gasteiger partial charge in [0, 0.05) is 36.7 Å². The number of methoxy groups -OCH3 is 1. The summed E-state index contributed by atoms with van der Waals surface area (Å²) in [5.74, 6) is 1.83. The third-order valence-corrected chi connectivity index (χ3v) is 5.50. The highest BCUT2D eigenvalue weighted by Crippen LogP contribution is 2.28. The van der Waals surface area contributed by atoms with Gasteiger partial charge < -0.3 is 14.4 Å². The van der Waals surface area contributed by atoms with Gasteiger partial charge in [0.25, 0.3) is 0 Å². The highest BCUT2D eigenvalue weighted by atomic mass is 32.2. The summed E-state index contributed by atoms with van der Waals surface area (Å²) < 4.78 is 12.5. The van der Waals surface area contributed by atoms with Crippen molar-refractivity contribution in [3.05, 3.63) is 48.8 Å². The molecule has 0 radical (unpaired) electrons. The molecule has 0 unspecified atom stereocenters. The highest BCUT2D eigenvalue weighted by molar-refractivity contribution is 7.99. The Labute approximate surface area is 172 Å². The topological polar surface area (TPSA) is 82.4 Å². The molecule has 4 rings (SSSR count). The van der Waals surface area contributed by atoms with E-state index in [2.05, 4.69) is 15.2 Å². The molecule has 1 amide bonds. The molecule has 1 aliphatic rings. The average molecular weight is 411 g/mol. The van der Waals surface area contributed by atoms with Gasteiger partial charge in [-0.3, -0.25) is 14.3 Å². The van der Waals surface area contributed by atoms with Gasteiger partial charge in [-0.15, -0.1) is 10.2 Å². The van der Waals surface area contributed by atoms with Crippen LogP contribution in [0.25, 0.3) is 17.1 Å². The lowest BCUT2D eigenvalue weighted by Crippen LogP contribution is -2.41. The normalized spacial score (nSPS) is 14.0. The van der Waals surface area contributed by atoms with Gasteiger partial charge in [0.1, 0.15) is 5.75 Å². The van der Waals surface area contributed by atoms with Crippen LogP contribution in [0.5, 0.6) is 5.75 Å². The lowest BCUT2D eigenvalue weighted by atomic mass is 10.2. The summed E-state index contributed by atoms with van der Waals surface area (Å²) in [5.41, 5.74) is 1.79. The predicted molar refractivity (Wildman–Crippen MR) is 109 cm³/mol. The van der Waals surface area contributed by atoms with Crippen LogP contribution in [0.15, 0.2) is 53.9 Å². The Balaban J connectivity index is 1.62. The van der Waals surface area contributed by atoms with Crippen LogP contribution in [0.4, 0.5) is 0 Å². The van der Waals surface area contributed by atoms with Crippen molar-refractivity contribution in [2.75, 3.05) is 39.2 Å². The molecule has 1 fully saturated rings. The minimum Gasteiger partial charge on any atom is -0.497 e. The number of hydrogen-bond acceptors (Lipinski definition) is 7. The molecule has 1 aliphatic heterocycles. The van der Waals surface area contributed by atoms with E-state index >= 15 is 0 Å². The zero-order valence-corrected chi connectivity index (χ0v) is 16.8. The predicted octanol–water partition coefficient (Wildman–Crippen LogP) is 2.29. The van der Waals surface area contributed by atoms with Gasteiger partial charge in [0.15, 0.2) is 11.0 Å². The summed E-state index contributed by atoms with van der Waals surface area (Å²) in [6, 6.07) is 11.4. The maximum absolute atomic E-state index is 12.5.